The molecule has 1 heterocycles. The summed E-state index contributed by atoms with van der Waals surface area (Å²) in [5, 5.41) is 3.09. The third-order valence-corrected chi connectivity index (χ3v) is 4.60. The van der Waals surface area contributed by atoms with Crippen LogP contribution in [0, 0.1) is 0 Å². The lowest BCUT2D eigenvalue weighted by atomic mass is 9.92. The molecule has 0 radical (unpaired) electrons. The number of carbonyl (C=O) groups is 2. The standard InChI is InChI=1S/C19H22BN3O3/c20-13-4-1-3-12(11-13)18(25)23-14-6-8-15(9-7-14)26-19-16(17(21)24)5-2-10-22-19/h1-5,10-11,14-15H,6-9,20H2,(H2,21,24)(H,23,25)/t14-,15-. The Bertz CT molecular complexity index is 804. The normalized spacial score (nSPS) is 19.5. The molecule has 0 spiro atoms. The van der Waals surface area contributed by atoms with Crippen LogP contribution in [0.2, 0.25) is 0 Å². The maximum atomic E-state index is 12.4. The van der Waals surface area contributed by atoms with Crippen molar-refractivity contribution in [1.29, 1.82) is 0 Å². The zero-order valence-corrected chi connectivity index (χ0v) is 14.8. The van der Waals surface area contributed by atoms with Gasteiger partial charge in [-0.25, -0.2) is 4.98 Å². The third kappa shape index (κ3) is 4.42. The second-order valence-corrected chi connectivity index (χ2v) is 6.65. The van der Waals surface area contributed by atoms with Gasteiger partial charge in [-0.05, 0) is 43.9 Å². The quantitative estimate of drug-likeness (QED) is 0.770. The Morgan fingerprint density at radius 1 is 1.15 bits per heavy atom. The van der Waals surface area contributed by atoms with Crippen molar-refractivity contribution >= 4 is 25.1 Å². The van der Waals surface area contributed by atoms with Crippen LogP contribution in [0.15, 0.2) is 42.6 Å². The van der Waals surface area contributed by atoms with E-state index in [1.807, 2.05) is 32.1 Å². The average molecular weight is 351 g/mol. The van der Waals surface area contributed by atoms with Gasteiger partial charge >= 0.3 is 0 Å². The lowest BCUT2D eigenvalue weighted by molar-refractivity contribution is 0.0881. The van der Waals surface area contributed by atoms with Crippen molar-refractivity contribution in [1.82, 2.24) is 10.3 Å². The van der Waals surface area contributed by atoms with Gasteiger partial charge in [0.25, 0.3) is 11.8 Å². The summed E-state index contributed by atoms with van der Waals surface area (Å²) in [6.07, 6.45) is 4.76. The first-order valence-corrected chi connectivity index (χ1v) is 8.82. The minimum absolute atomic E-state index is 0.0323. The summed E-state index contributed by atoms with van der Waals surface area (Å²) in [5.74, 6) is -0.307. The molecule has 1 aliphatic rings. The van der Waals surface area contributed by atoms with Crippen LogP contribution in [0.25, 0.3) is 0 Å². The predicted octanol–water partition coefficient (Wildman–Crippen LogP) is 0.559. The highest BCUT2D eigenvalue weighted by molar-refractivity contribution is 6.32. The highest BCUT2D eigenvalue weighted by atomic mass is 16.5. The van der Waals surface area contributed by atoms with Crippen LogP contribution in [0.5, 0.6) is 5.88 Å². The molecule has 1 fully saturated rings. The highest BCUT2D eigenvalue weighted by Crippen LogP contribution is 2.24. The van der Waals surface area contributed by atoms with Gasteiger partial charge in [0.2, 0.25) is 5.88 Å². The van der Waals surface area contributed by atoms with Crippen LogP contribution in [-0.4, -0.2) is 36.8 Å². The fraction of sp³-hybridized carbons (Fsp3) is 0.316. The zero-order chi connectivity index (χ0) is 18.5. The molecule has 3 rings (SSSR count). The van der Waals surface area contributed by atoms with Crippen molar-refractivity contribution in [2.75, 3.05) is 0 Å². The van der Waals surface area contributed by atoms with Gasteiger partial charge in [0.1, 0.15) is 19.5 Å². The first kappa shape index (κ1) is 18.0. The van der Waals surface area contributed by atoms with E-state index < -0.39 is 5.91 Å². The van der Waals surface area contributed by atoms with Crippen LogP contribution in [0.1, 0.15) is 46.4 Å². The van der Waals surface area contributed by atoms with Crippen molar-refractivity contribution in [2.24, 2.45) is 5.73 Å². The van der Waals surface area contributed by atoms with Crippen LogP contribution >= 0.6 is 0 Å². The van der Waals surface area contributed by atoms with Gasteiger partial charge in [0, 0.05) is 17.8 Å². The second-order valence-electron chi connectivity index (χ2n) is 6.65. The summed E-state index contributed by atoms with van der Waals surface area (Å²) in [6.45, 7) is 0. The number of benzene rings is 1. The smallest absolute Gasteiger partial charge is 0.254 e. The number of hydrogen-bond acceptors (Lipinski definition) is 4. The van der Waals surface area contributed by atoms with E-state index in [1.165, 1.54) is 0 Å². The number of aromatic nitrogens is 1. The zero-order valence-electron chi connectivity index (χ0n) is 14.8. The molecule has 0 bridgehead atoms. The number of rotatable bonds is 5. The first-order valence-electron chi connectivity index (χ1n) is 8.82. The van der Waals surface area contributed by atoms with Crippen LogP contribution < -0.4 is 21.3 Å². The maximum Gasteiger partial charge on any atom is 0.254 e. The Labute approximate surface area is 153 Å². The first-order chi connectivity index (χ1) is 12.5. The van der Waals surface area contributed by atoms with Gasteiger partial charge in [0.05, 0.1) is 0 Å². The number of amides is 2. The summed E-state index contributed by atoms with van der Waals surface area (Å²) in [4.78, 5) is 27.9. The SMILES string of the molecule is Bc1cccc(C(=O)N[C@H]2CC[C@H](Oc3ncccc3C(N)=O)CC2)c1. The van der Waals surface area contributed by atoms with Gasteiger partial charge in [0.15, 0.2) is 0 Å². The highest BCUT2D eigenvalue weighted by Gasteiger charge is 2.25. The van der Waals surface area contributed by atoms with E-state index in [9.17, 15) is 9.59 Å². The van der Waals surface area contributed by atoms with Gasteiger partial charge < -0.3 is 15.8 Å². The number of nitrogens with zero attached hydrogens (tertiary/aromatic N) is 1. The van der Waals surface area contributed by atoms with E-state index in [1.54, 1.807) is 18.3 Å². The molecule has 1 saturated carbocycles. The largest absolute Gasteiger partial charge is 0.474 e. The third-order valence-electron chi connectivity index (χ3n) is 4.60. The minimum atomic E-state index is -0.549. The molecule has 2 amide bonds. The predicted molar refractivity (Wildman–Crippen MR) is 102 cm³/mol. The molecule has 6 nitrogen and oxygen atoms in total. The molecule has 0 unspecified atom stereocenters. The van der Waals surface area contributed by atoms with Gasteiger partial charge in [-0.3, -0.25) is 9.59 Å². The van der Waals surface area contributed by atoms with E-state index in [-0.39, 0.29) is 23.9 Å². The number of hydrogen-bond donors (Lipinski definition) is 2. The van der Waals surface area contributed by atoms with Crippen molar-refractivity contribution in [3.05, 3.63) is 53.7 Å². The van der Waals surface area contributed by atoms with Crippen molar-refractivity contribution in [2.45, 2.75) is 37.8 Å². The summed E-state index contributed by atoms with van der Waals surface area (Å²) < 4.78 is 5.88. The number of nitrogens with two attached hydrogens (primary N) is 1. The monoisotopic (exact) mass is 351 g/mol. The van der Waals surface area contributed by atoms with Gasteiger partial charge in [-0.15, -0.1) is 0 Å². The average Bonchev–Trinajstić information content (AvgIpc) is 2.63. The molecular weight excluding hydrogens is 329 g/mol. The number of pyridine rings is 1. The molecule has 0 saturated heterocycles. The van der Waals surface area contributed by atoms with E-state index in [0.29, 0.717) is 11.1 Å². The summed E-state index contributed by atoms with van der Waals surface area (Å²) in [6, 6.07) is 11.0. The van der Waals surface area contributed by atoms with Gasteiger partial charge in [-0.1, -0.05) is 23.7 Å². The summed E-state index contributed by atoms with van der Waals surface area (Å²) in [5.41, 5.74) is 7.40. The van der Waals surface area contributed by atoms with E-state index >= 15 is 0 Å². The minimum Gasteiger partial charge on any atom is -0.474 e. The Morgan fingerprint density at radius 2 is 1.92 bits per heavy atom. The lowest BCUT2D eigenvalue weighted by Crippen LogP contribution is -2.40. The summed E-state index contributed by atoms with van der Waals surface area (Å²) >= 11 is 0. The number of carbonyl (C=O) groups excluding carboxylic acids is 2. The molecule has 2 aromatic rings. The molecule has 0 atom stereocenters. The van der Waals surface area contributed by atoms with Gasteiger partial charge in [-0.2, -0.15) is 0 Å². The molecule has 26 heavy (non-hydrogen) atoms. The molecular formula is C19H22BN3O3. The Hall–Kier alpha value is -2.83. The Morgan fingerprint density at radius 3 is 2.62 bits per heavy atom. The van der Waals surface area contributed by atoms with Crippen LogP contribution in [-0.2, 0) is 0 Å². The number of ether oxygens (including phenoxy) is 1. The lowest BCUT2D eigenvalue weighted by Gasteiger charge is -2.29. The van der Waals surface area contributed by atoms with Crippen molar-refractivity contribution in [3.63, 3.8) is 0 Å². The maximum absolute atomic E-state index is 12.4. The van der Waals surface area contributed by atoms with Crippen LogP contribution in [0.3, 0.4) is 0 Å². The molecule has 134 valence electrons. The molecule has 3 N–H and O–H groups in total. The van der Waals surface area contributed by atoms with E-state index in [4.69, 9.17) is 10.5 Å². The number of primary amides is 1. The summed E-state index contributed by atoms with van der Waals surface area (Å²) in [7, 11) is 1.97. The second kappa shape index (κ2) is 8.04. The molecule has 1 aromatic heterocycles. The fourth-order valence-corrected chi connectivity index (χ4v) is 3.21. The topological polar surface area (TPSA) is 94.3 Å². The fourth-order valence-electron chi connectivity index (χ4n) is 3.21. The molecule has 7 heteroatoms. The molecule has 1 aliphatic carbocycles. The molecule has 0 aliphatic heterocycles. The van der Waals surface area contributed by atoms with Crippen molar-refractivity contribution < 1.29 is 14.3 Å². The van der Waals surface area contributed by atoms with E-state index in [0.717, 1.165) is 31.1 Å². The number of nitrogens with one attached hydrogen (secondary N) is 1. The van der Waals surface area contributed by atoms with E-state index in [2.05, 4.69) is 10.3 Å². The Balaban J connectivity index is 1.53. The molecule has 1 aromatic carbocycles. The Kier molecular flexibility index (Phi) is 5.56. The van der Waals surface area contributed by atoms with Crippen molar-refractivity contribution in [3.8, 4) is 5.88 Å². The van der Waals surface area contributed by atoms with Crippen LogP contribution in [0.4, 0.5) is 0 Å².